The van der Waals surface area contributed by atoms with Gasteiger partial charge in [0.25, 0.3) is 0 Å². The predicted molar refractivity (Wildman–Crippen MR) is 69.4 cm³/mol. The first-order valence-corrected chi connectivity index (χ1v) is 6.48. The summed E-state index contributed by atoms with van der Waals surface area (Å²) in [6.45, 7) is 2.37. The van der Waals surface area contributed by atoms with E-state index in [0.29, 0.717) is 18.4 Å². The number of nitrogens with one attached hydrogen (secondary N) is 1. The Morgan fingerprint density at radius 1 is 1.37 bits per heavy atom. The van der Waals surface area contributed by atoms with Crippen LogP contribution in [-0.4, -0.2) is 24.6 Å². The van der Waals surface area contributed by atoms with Crippen molar-refractivity contribution in [3.05, 3.63) is 17.7 Å². The van der Waals surface area contributed by atoms with Gasteiger partial charge in [-0.1, -0.05) is 0 Å². The van der Waals surface area contributed by atoms with E-state index in [9.17, 15) is 13.2 Å². The Balaban J connectivity index is 2.33. The number of nitrogens with zero attached hydrogens (tertiary/aromatic N) is 2. The van der Waals surface area contributed by atoms with Crippen LogP contribution in [0.1, 0.15) is 31.7 Å². The first kappa shape index (κ1) is 14.0. The average Bonchev–Trinajstić information content (AvgIpc) is 2.25. The molecule has 1 N–H and O–H groups in total. The normalized spacial score (nSPS) is 16.1. The van der Waals surface area contributed by atoms with Crippen LogP contribution in [0, 0.1) is 0 Å². The Bertz CT molecular complexity index is 441. The molecule has 1 heterocycles. The van der Waals surface area contributed by atoms with Crippen molar-refractivity contribution in [3.8, 4) is 0 Å². The molecule has 0 saturated heterocycles. The lowest BCUT2D eigenvalue weighted by Gasteiger charge is -2.36. The molecule has 0 aromatic carbocycles. The summed E-state index contributed by atoms with van der Waals surface area (Å²) in [4.78, 5) is 6.10. The monoisotopic (exact) mass is 273 g/mol. The molecule has 0 atom stereocenters. The van der Waals surface area contributed by atoms with Crippen LogP contribution in [0.2, 0.25) is 0 Å². The number of hydrogen-bond acceptors (Lipinski definition) is 3. The van der Waals surface area contributed by atoms with Crippen LogP contribution in [0.25, 0.3) is 0 Å². The van der Waals surface area contributed by atoms with Gasteiger partial charge in [-0.15, -0.1) is 0 Å². The fourth-order valence-corrected chi connectivity index (χ4v) is 2.09. The van der Waals surface area contributed by atoms with Crippen LogP contribution >= 0.6 is 0 Å². The molecule has 2 rings (SSSR count). The minimum Gasteiger partial charge on any atom is -0.370 e. The summed E-state index contributed by atoms with van der Waals surface area (Å²) >= 11 is 0. The van der Waals surface area contributed by atoms with Gasteiger partial charge < -0.3 is 10.2 Å². The quantitative estimate of drug-likeness (QED) is 0.909. The number of rotatable bonds is 4. The zero-order chi connectivity index (χ0) is 14.0. The van der Waals surface area contributed by atoms with Crippen molar-refractivity contribution in [2.75, 3.05) is 23.8 Å². The van der Waals surface area contributed by atoms with E-state index >= 15 is 0 Å². The summed E-state index contributed by atoms with van der Waals surface area (Å²) in [6, 6.07) is 2.49. The summed E-state index contributed by atoms with van der Waals surface area (Å²) < 4.78 is 38.6. The van der Waals surface area contributed by atoms with Gasteiger partial charge >= 0.3 is 6.18 Å². The summed E-state index contributed by atoms with van der Waals surface area (Å²) in [5.74, 6) is 0.661. The Morgan fingerprint density at radius 3 is 2.53 bits per heavy atom. The minimum absolute atomic E-state index is 0.276. The van der Waals surface area contributed by atoms with Gasteiger partial charge in [-0.2, -0.15) is 13.2 Å². The number of aromatic nitrogens is 1. The summed E-state index contributed by atoms with van der Waals surface area (Å²) in [7, 11) is 1.81. The van der Waals surface area contributed by atoms with Crippen molar-refractivity contribution in [1.82, 2.24) is 4.98 Å². The number of anilines is 2. The summed E-state index contributed by atoms with van der Waals surface area (Å²) in [6.07, 6.45) is -1.17. The highest BCUT2D eigenvalue weighted by molar-refractivity contribution is 5.51. The van der Waals surface area contributed by atoms with Crippen molar-refractivity contribution >= 4 is 11.6 Å². The molecule has 3 nitrogen and oxygen atoms in total. The third kappa shape index (κ3) is 3.11. The third-order valence-electron chi connectivity index (χ3n) is 3.48. The fourth-order valence-electron chi connectivity index (χ4n) is 2.09. The van der Waals surface area contributed by atoms with Crippen molar-refractivity contribution in [2.45, 2.75) is 38.4 Å². The maximum Gasteiger partial charge on any atom is 0.416 e. The van der Waals surface area contributed by atoms with E-state index in [1.54, 1.807) is 0 Å². The molecule has 0 bridgehead atoms. The predicted octanol–water partition coefficient (Wildman–Crippen LogP) is 3.52. The summed E-state index contributed by atoms with van der Waals surface area (Å²) in [5.41, 5.74) is -0.653. The molecule has 0 amide bonds. The number of hydrogen-bond donors (Lipinski definition) is 1. The number of halogens is 3. The van der Waals surface area contributed by atoms with E-state index in [2.05, 4.69) is 10.3 Å². The maximum absolute atomic E-state index is 12.9. The molecule has 0 radical (unpaired) electrons. The number of alkyl halides is 3. The van der Waals surface area contributed by atoms with Gasteiger partial charge in [0.05, 0.1) is 5.56 Å². The van der Waals surface area contributed by atoms with E-state index in [4.69, 9.17) is 0 Å². The Kier molecular flexibility index (Phi) is 3.87. The van der Waals surface area contributed by atoms with E-state index in [1.165, 1.54) is 0 Å². The molecule has 1 aliphatic carbocycles. The van der Waals surface area contributed by atoms with Gasteiger partial charge in [0.2, 0.25) is 0 Å². The molecule has 6 heteroatoms. The first-order chi connectivity index (χ1) is 8.91. The fraction of sp³-hybridized carbons (Fsp3) is 0.615. The van der Waals surface area contributed by atoms with Gasteiger partial charge in [0.1, 0.15) is 11.6 Å². The molecule has 1 aromatic rings. The van der Waals surface area contributed by atoms with Crippen LogP contribution < -0.4 is 10.2 Å². The van der Waals surface area contributed by atoms with E-state index in [1.807, 2.05) is 18.9 Å². The van der Waals surface area contributed by atoms with Crippen LogP contribution in [-0.2, 0) is 6.18 Å². The molecular formula is C13H18F3N3. The SMILES string of the molecule is CCNc1cc(C(F)(F)F)cc(N(C)C2CCC2)n1. The second kappa shape index (κ2) is 5.27. The lowest BCUT2D eigenvalue weighted by Crippen LogP contribution is -2.37. The second-order valence-corrected chi connectivity index (χ2v) is 4.82. The van der Waals surface area contributed by atoms with Crippen LogP contribution in [0.4, 0.5) is 24.8 Å². The van der Waals surface area contributed by atoms with Crippen molar-refractivity contribution in [3.63, 3.8) is 0 Å². The molecule has 0 aliphatic heterocycles. The summed E-state index contributed by atoms with van der Waals surface area (Å²) in [5, 5.41) is 2.85. The average molecular weight is 273 g/mol. The highest BCUT2D eigenvalue weighted by Gasteiger charge is 2.33. The van der Waals surface area contributed by atoms with Crippen molar-refractivity contribution < 1.29 is 13.2 Å². The number of pyridine rings is 1. The minimum atomic E-state index is -4.34. The Morgan fingerprint density at radius 2 is 2.05 bits per heavy atom. The molecule has 19 heavy (non-hydrogen) atoms. The molecule has 0 spiro atoms. The molecule has 1 aromatic heterocycles. The molecular weight excluding hydrogens is 255 g/mol. The van der Waals surface area contributed by atoms with E-state index in [0.717, 1.165) is 31.4 Å². The van der Waals surface area contributed by atoms with Gasteiger partial charge in [-0.05, 0) is 38.3 Å². The first-order valence-electron chi connectivity index (χ1n) is 6.48. The topological polar surface area (TPSA) is 28.2 Å². The van der Waals surface area contributed by atoms with E-state index < -0.39 is 11.7 Å². The highest BCUT2D eigenvalue weighted by Crippen LogP contribution is 2.34. The smallest absolute Gasteiger partial charge is 0.370 e. The maximum atomic E-state index is 12.9. The lowest BCUT2D eigenvalue weighted by molar-refractivity contribution is -0.137. The van der Waals surface area contributed by atoms with Crippen LogP contribution in [0.15, 0.2) is 12.1 Å². The lowest BCUT2D eigenvalue weighted by atomic mass is 9.92. The molecule has 1 saturated carbocycles. The molecule has 1 fully saturated rings. The standard InChI is InChI=1S/C13H18F3N3/c1-3-17-11-7-9(13(14,15)16)8-12(18-11)19(2)10-5-4-6-10/h7-8,10H,3-6H2,1-2H3,(H,17,18). The Hall–Kier alpha value is -1.46. The van der Waals surface area contributed by atoms with Crippen molar-refractivity contribution in [1.29, 1.82) is 0 Å². The molecule has 1 aliphatic rings. The van der Waals surface area contributed by atoms with Crippen molar-refractivity contribution in [2.24, 2.45) is 0 Å². The van der Waals surface area contributed by atoms with E-state index in [-0.39, 0.29) is 5.82 Å². The van der Waals surface area contributed by atoms with Gasteiger partial charge in [0, 0.05) is 19.6 Å². The van der Waals surface area contributed by atoms with Gasteiger partial charge in [-0.3, -0.25) is 0 Å². The Labute approximate surface area is 110 Å². The zero-order valence-electron chi connectivity index (χ0n) is 11.1. The zero-order valence-corrected chi connectivity index (χ0v) is 11.1. The van der Waals surface area contributed by atoms with Crippen LogP contribution in [0.5, 0.6) is 0 Å². The van der Waals surface area contributed by atoms with Gasteiger partial charge in [-0.25, -0.2) is 4.98 Å². The van der Waals surface area contributed by atoms with Gasteiger partial charge in [0.15, 0.2) is 0 Å². The third-order valence-corrected chi connectivity index (χ3v) is 3.48. The van der Waals surface area contributed by atoms with Crippen LogP contribution in [0.3, 0.4) is 0 Å². The molecule has 0 unspecified atom stereocenters. The highest BCUT2D eigenvalue weighted by atomic mass is 19.4. The second-order valence-electron chi connectivity index (χ2n) is 4.82. The largest absolute Gasteiger partial charge is 0.416 e. The molecule has 106 valence electrons.